The smallest absolute Gasteiger partial charge is 0.251 e. The third kappa shape index (κ3) is 5.30. The van der Waals surface area contributed by atoms with Gasteiger partial charge in [-0.2, -0.15) is 0 Å². The van der Waals surface area contributed by atoms with E-state index < -0.39 is 0 Å². The van der Waals surface area contributed by atoms with Gasteiger partial charge in [-0.25, -0.2) is 0 Å². The first-order chi connectivity index (χ1) is 12.7. The standard InChI is InChI=1S/C21H27N3O2/c22-20-14-17(21(25)24-15-19-9-5-13-26-19)11-10-16(20)6-1-2-7-18-8-3-4-12-23-18/h3-4,8,10-12,14,19H,1-2,5-7,9,13,15,22H2,(H,24,25). The highest BCUT2D eigenvalue weighted by Gasteiger charge is 2.17. The van der Waals surface area contributed by atoms with E-state index in [-0.39, 0.29) is 12.0 Å². The number of ether oxygens (including phenoxy) is 1. The number of aromatic nitrogens is 1. The highest BCUT2D eigenvalue weighted by atomic mass is 16.5. The molecular formula is C21H27N3O2. The van der Waals surface area contributed by atoms with Gasteiger partial charge in [0.05, 0.1) is 6.10 Å². The van der Waals surface area contributed by atoms with Crippen molar-refractivity contribution in [1.29, 1.82) is 0 Å². The van der Waals surface area contributed by atoms with Crippen molar-refractivity contribution < 1.29 is 9.53 Å². The van der Waals surface area contributed by atoms with E-state index in [1.807, 2.05) is 30.5 Å². The maximum Gasteiger partial charge on any atom is 0.251 e. The number of carbonyl (C=O) groups excluding carboxylic acids is 1. The molecule has 138 valence electrons. The second kappa shape index (κ2) is 9.34. The number of nitrogens with zero attached hydrogens (tertiary/aromatic N) is 1. The zero-order valence-electron chi connectivity index (χ0n) is 15.1. The lowest BCUT2D eigenvalue weighted by atomic mass is 10.0. The summed E-state index contributed by atoms with van der Waals surface area (Å²) in [4.78, 5) is 16.6. The van der Waals surface area contributed by atoms with Crippen LogP contribution in [0.25, 0.3) is 0 Å². The van der Waals surface area contributed by atoms with Crippen LogP contribution in [0.15, 0.2) is 42.6 Å². The van der Waals surface area contributed by atoms with E-state index in [2.05, 4.69) is 16.4 Å². The molecule has 2 heterocycles. The Morgan fingerprint density at radius 3 is 2.85 bits per heavy atom. The Labute approximate surface area is 155 Å². The molecule has 0 radical (unpaired) electrons. The van der Waals surface area contributed by atoms with Gasteiger partial charge >= 0.3 is 0 Å². The topological polar surface area (TPSA) is 77.2 Å². The summed E-state index contributed by atoms with van der Waals surface area (Å²) in [5.41, 5.74) is 9.67. The third-order valence-corrected chi connectivity index (χ3v) is 4.78. The van der Waals surface area contributed by atoms with Gasteiger partial charge in [-0.05, 0) is 68.4 Å². The monoisotopic (exact) mass is 353 g/mol. The third-order valence-electron chi connectivity index (χ3n) is 4.78. The van der Waals surface area contributed by atoms with Gasteiger partial charge in [-0.1, -0.05) is 12.1 Å². The molecule has 1 aromatic heterocycles. The lowest BCUT2D eigenvalue weighted by molar-refractivity contribution is 0.0858. The molecule has 1 amide bonds. The Morgan fingerprint density at radius 1 is 1.23 bits per heavy atom. The van der Waals surface area contributed by atoms with Gasteiger partial charge in [0, 0.05) is 36.3 Å². The first kappa shape index (κ1) is 18.4. The first-order valence-electron chi connectivity index (χ1n) is 9.40. The summed E-state index contributed by atoms with van der Waals surface area (Å²) in [7, 11) is 0. The van der Waals surface area contributed by atoms with Crippen LogP contribution in [-0.4, -0.2) is 30.1 Å². The normalized spacial score (nSPS) is 16.5. The van der Waals surface area contributed by atoms with Crippen molar-refractivity contribution in [2.45, 2.75) is 44.6 Å². The number of hydrogen-bond donors (Lipinski definition) is 2. The summed E-state index contributed by atoms with van der Waals surface area (Å²) in [6, 6.07) is 11.6. The molecule has 1 aliphatic rings. The van der Waals surface area contributed by atoms with Gasteiger partial charge in [-0.3, -0.25) is 9.78 Å². The number of anilines is 1. The van der Waals surface area contributed by atoms with Gasteiger partial charge in [0.2, 0.25) is 0 Å². The van der Waals surface area contributed by atoms with Crippen LogP contribution >= 0.6 is 0 Å². The molecular weight excluding hydrogens is 326 g/mol. The number of nitrogens with two attached hydrogens (primary N) is 1. The van der Waals surface area contributed by atoms with E-state index >= 15 is 0 Å². The molecule has 1 aromatic carbocycles. The van der Waals surface area contributed by atoms with E-state index in [0.29, 0.717) is 17.8 Å². The molecule has 3 N–H and O–H groups in total. The summed E-state index contributed by atoms with van der Waals surface area (Å²) in [6.45, 7) is 1.36. The zero-order chi connectivity index (χ0) is 18.2. The SMILES string of the molecule is Nc1cc(C(=O)NCC2CCCO2)ccc1CCCCc1ccccn1. The number of benzene rings is 1. The van der Waals surface area contributed by atoms with E-state index in [0.717, 1.165) is 56.4 Å². The number of nitrogen functional groups attached to an aromatic ring is 1. The number of aryl methyl sites for hydroxylation is 2. The Morgan fingerprint density at radius 2 is 2.12 bits per heavy atom. The maximum absolute atomic E-state index is 12.3. The van der Waals surface area contributed by atoms with Crippen molar-refractivity contribution in [2.75, 3.05) is 18.9 Å². The van der Waals surface area contributed by atoms with Crippen LogP contribution in [-0.2, 0) is 17.6 Å². The molecule has 1 aliphatic heterocycles. The van der Waals surface area contributed by atoms with Crippen molar-refractivity contribution in [3.8, 4) is 0 Å². The van der Waals surface area contributed by atoms with Crippen molar-refractivity contribution in [3.05, 3.63) is 59.4 Å². The van der Waals surface area contributed by atoms with Crippen LogP contribution in [0, 0.1) is 0 Å². The Balaban J connectivity index is 1.45. The van der Waals surface area contributed by atoms with E-state index in [1.54, 1.807) is 6.07 Å². The molecule has 3 rings (SSSR count). The van der Waals surface area contributed by atoms with E-state index in [4.69, 9.17) is 10.5 Å². The van der Waals surface area contributed by atoms with Crippen molar-refractivity contribution in [2.24, 2.45) is 0 Å². The van der Waals surface area contributed by atoms with Crippen molar-refractivity contribution in [3.63, 3.8) is 0 Å². The minimum atomic E-state index is -0.0890. The minimum absolute atomic E-state index is 0.0890. The molecule has 0 saturated carbocycles. The van der Waals surface area contributed by atoms with Gasteiger partial charge in [-0.15, -0.1) is 0 Å². The van der Waals surface area contributed by atoms with Crippen LogP contribution < -0.4 is 11.1 Å². The second-order valence-electron chi connectivity index (χ2n) is 6.79. The number of amides is 1. The molecule has 1 saturated heterocycles. The van der Waals surface area contributed by atoms with Crippen LogP contribution in [0.3, 0.4) is 0 Å². The fourth-order valence-corrected chi connectivity index (χ4v) is 3.25. The number of rotatable bonds is 8. The number of nitrogens with one attached hydrogen (secondary N) is 1. The molecule has 1 atom stereocenters. The number of pyridine rings is 1. The Bertz CT molecular complexity index is 712. The predicted molar refractivity (Wildman–Crippen MR) is 103 cm³/mol. The van der Waals surface area contributed by atoms with Crippen LogP contribution in [0.5, 0.6) is 0 Å². The average Bonchev–Trinajstić information content (AvgIpc) is 3.19. The van der Waals surface area contributed by atoms with Crippen LogP contribution in [0.4, 0.5) is 5.69 Å². The summed E-state index contributed by atoms with van der Waals surface area (Å²) in [5.74, 6) is -0.0890. The minimum Gasteiger partial charge on any atom is -0.398 e. The van der Waals surface area contributed by atoms with Gasteiger partial charge in [0.15, 0.2) is 0 Å². The molecule has 1 fully saturated rings. The molecule has 0 spiro atoms. The second-order valence-corrected chi connectivity index (χ2v) is 6.79. The number of unbranched alkanes of at least 4 members (excludes halogenated alkanes) is 1. The summed E-state index contributed by atoms with van der Waals surface area (Å²) >= 11 is 0. The molecule has 2 aromatic rings. The fourth-order valence-electron chi connectivity index (χ4n) is 3.25. The van der Waals surface area contributed by atoms with Gasteiger partial charge in [0.25, 0.3) is 5.91 Å². The predicted octanol–water partition coefficient (Wildman–Crippen LogP) is 3.14. The van der Waals surface area contributed by atoms with Crippen molar-refractivity contribution in [1.82, 2.24) is 10.3 Å². The quantitative estimate of drug-likeness (QED) is 0.565. The molecule has 26 heavy (non-hydrogen) atoms. The lowest BCUT2D eigenvalue weighted by Crippen LogP contribution is -2.31. The summed E-state index contributed by atoms with van der Waals surface area (Å²) in [5, 5.41) is 2.93. The molecule has 5 heteroatoms. The molecule has 5 nitrogen and oxygen atoms in total. The van der Waals surface area contributed by atoms with Crippen LogP contribution in [0.1, 0.15) is 47.3 Å². The van der Waals surface area contributed by atoms with Crippen molar-refractivity contribution >= 4 is 11.6 Å². The molecule has 0 aliphatic carbocycles. The average molecular weight is 353 g/mol. The summed E-state index contributed by atoms with van der Waals surface area (Å²) in [6.07, 6.45) is 8.07. The Kier molecular flexibility index (Phi) is 6.61. The van der Waals surface area contributed by atoms with Gasteiger partial charge in [0.1, 0.15) is 0 Å². The largest absolute Gasteiger partial charge is 0.398 e. The fraction of sp³-hybridized carbons (Fsp3) is 0.429. The van der Waals surface area contributed by atoms with Gasteiger partial charge < -0.3 is 15.8 Å². The molecule has 0 bridgehead atoms. The zero-order valence-corrected chi connectivity index (χ0v) is 15.1. The first-order valence-corrected chi connectivity index (χ1v) is 9.40. The van der Waals surface area contributed by atoms with E-state index in [9.17, 15) is 4.79 Å². The highest BCUT2D eigenvalue weighted by Crippen LogP contribution is 2.18. The lowest BCUT2D eigenvalue weighted by Gasteiger charge is -2.12. The number of carbonyl (C=O) groups is 1. The maximum atomic E-state index is 12.3. The highest BCUT2D eigenvalue weighted by molar-refractivity contribution is 5.95. The Hall–Kier alpha value is -2.40. The van der Waals surface area contributed by atoms with Crippen LogP contribution in [0.2, 0.25) is 0 Å². The van der Waals surface area contributed by atoms with E-state index in [1.165, 1.54) is 0 Å². The number of hydrogen-bond acceptors (Lipinski definition) is 4. The molecule has 1 unspecified atom stereocenters. The summed E-state index contributed by atoms with van der Waals surface area (Å²) < 4.78 is 5.53.